The van der Waals surface area contributed by atoms with Gasteiger partial charge in [-0.3, -0.25) is 14.4 Å². The molecule has 0 unspecified atom stereocenters. The maximum atomic E-state index is 13.0. The number of hydrogen-bond acceptors (Lipinski definition) is 3. The summed E-state index contributed by atoms with van der Waals surface area (Å²) in [5.41, 5.74) is 3.31. The number of amides is 3. The summed E-state index contributed by atoms with van der Waals surface area (Å²) < 4.78 is 0. The number of rotatable bonds is 4. The summed E-state index contributed by atoms with van der Waals surface area (Å²) in [5, 5.41) is 2.96. The van der Waals surface area contributed by atoms with Crippen molar-refractivity contribution in [2.75, 3.05) is 33.2 Å². The second-order valence-corrected chi connectivity index (χ2v) is 8.17. The summed E-state index contributed by atoms with van der Waals surface area (Å²) in [4.78, 5) is 41.0. The van der Waals surface area contributed by atoms with Crippen LogP contribution < -0.4 is 5.32 Å². The molecule has 0 spiro atoms. The average molecular weight is 405 g/mol. The van der Waals surface area contributed by atoms with Crippen LogP contribution in [0.3, 0.4) is 0 Å². The number of nitrogens with one attached hydrogen (secondary N) is 1. The molecule has 2 heterocycles. The van der Waals surface area contributed by atoms with E-state index in [0.717, 1.165) is 16.7 Å². The second kappa shape index (κ2) is 8.69. The highest BCUT2D eigenvalue weighted by molar-refractivity contribution is 5.90. The molecule has 0 aromatic heterocycles. The highest BCUT2D eigenvalue weighted by atomic mass is 16.2. The third kappa shape index (κ3) is 4.22. The molecule has 0 aliphatic carbocycles. The Morgan fingerprint density at radius 2 is 1.77 bits per heavy atom. The number of nitrogens with zero attached hydrogens (tertiary/aromatic N) is 2. The van der Waals surface area contributed by atoms with Gasteiger partial charge >= 0.3 is 0 Å². The van der Waals surface area contributed by atoms with Gasteiger partial charge in [0.1, 0.15) is 0 Å². The van der Waals surface area contributed by atoms with Gasteiger partial charge in [0, 0.05) is 39.6 Å². The third-order valence-electron chi connectivity index (χ3n) is 6.06. The van der Waals surface area contributed by atoms with Crippen LogP contribution in [0.1, 0.15) is 12.0 Å². The van der Waals surface area contributed by atoms with Gasteiger partial charge < -0.3 is 15.1 Å². The summed E-state index contributed by atoms with van der Waals surface area (Å²) in [7, 11) is 1.73. The van der Waals surface area contributed by atoms with Crippen molar-refractivity contribution in [3.05, 3.63) is 60.2 Å². The zero-order valence-electron chi connectivity index (χ0n) is 17.2. The Kier molecular flexibility index (Phi) is 5.84. The molecule has 0 saturated carbocycles. The fourth-order valence-corrected chi connectivity index (χ4v) is 4.41. The number of carbonyl (C=O) groups is 3. The standard InChI is InChI=1S/C24H27N3O3/c1-26-15-20(14-22(26)28)24(30)27-12-11-25-23(29)19(16-27)13-18-9-5-6-10-21(18)17-7-3-2-4-8-17/h2-10,19-20H,11-16H2,1H3,(H,25,29)/t19-,20-/m1/s1. The van der Waals surface area contributed by atoms with Crippen molar-refractivity contribution in [2.24, 2.45) is 11.8 Å². The molecule has 0 radical (unpaired) electrons. The maximum absolute atomic E-state index is 13.0. The molecule has 2 aliphatic heterocycles. The fourth-order valence-electron chi connectivity index (χ4n) is 4.41. The Balaban J connectivity index is 1.53. The first kappa shape index (κ1) is 20.1. The van der Waals surface area contributed by atoms with Gasteiger partial charge in [0.25, 0.3) is 0 Å². The lowest BCUT2D eigenvalue weighted by molar-refractivity contribution is -0.136. The molecule has 2 aromatic carbocycles. The molecule has 2 saturated heterocycles. The first-order valence-corrected chi connectivity index (χ1v) is 10.5. The predicted octanol–water partition coefficient (Wildman–Crippen LogP) is 1.95. The van der Waals surface area contributed by atoms with E-state index in [0.29, 0.717) is 32.6 Å². The number of benzene rings is 2. The van der Waals surface area contributed by atoms with E-state index < -0.39 is 0 Å². The van der Waals surface area contributed by atoms with Gasteiger partial charge in [0.15, 0.2) is 0 Å². The van der Waals surface area contributed by atoms with Crippen molar-refractivity contribution >= 4 is 17.7 Å². The van der Waals surface area contributed by atoms with Crippen LogP contribution in [0.4, 0.5) is 0 Å². The average Bonchev–Trinajstić information content (AvgIpc) is 2.99. The van der Waals surface area contributed by atoms with Crippen LogP contribution in [0.25, 0.3) is 11.1 Å². The predicted molar refractivity (Wildman–Crippen MR) is 114 cm³/mol. The summed E-state index contributed by atoms with van der Waals surface area (Å²) in [6.07, 6.45) is 0.818. The highest BCUT2D eigenvalue weighted by Crippen LogP contribution is 2.27. The zero-order valence-corrected chi connectivity index (χ0v) is 17.2. The van der Waals surface area contributed by atoms with Crippen molar-refractivity contribution in [3.63, 3.8) is 0 Å². The molecule has 3 amide bonds. The monoisotopic (exact) mass is 405 g/mol. The summed E-state index contributed by atoms with van der Waals surface area (Å²) in [6, 6.07) is 18.2. The van der Waals surface area contributed by atoms with Crippen LogP contribution in [0.5, 0.6) is 0 Å². The molecule has 2 fully saturated rings. The number of hydrogen-bond donors (Lipinski definition) is 1. The lowest BCUT2D eigenvalue weighted by Crippen LogP contribution is -2.41. The molecule has 0 bridgehead atoms. The minimum Gasteiger partial charge on any atom is -0.354 e. The molecule has 6 heteroatoms. The molecular formula is C24H27N3O3. The topological polar surface area (TPSA) is 69.7 Å². The van der Waals surface area contributed by atoms with Gasteiger partial charge in [-0.2, -0.15) is 0 Å². The van der Waals surface area contributed by atoms with Crippen LogP contribution in [0.2, 0.25) is 0 Å². The van der Waals surface area contributed by atoms with Crippen LogP contribution in [0.15, 0.2) is 54.6 Å². The molecule has 2 aliphatic rings. The largest absolute Gasteiger partial charge is 0.354 e. The quantitative estimate of drug-likeness (QED) is 0.845. The normalized spacial score (nSPS) is 22.0. The van der Waals surface area contributed by atoms with E-state index in [1.807, 2.05) is 30.3 Å². The lowest BCUT2D eigenvalue weighted by atomic mass is 9.91. The van der Waals surface area contributed by atoms with Crippen molar-refractivity contribution < 1.29 is 14.4 Å². The van der Waals surface area contributed by atoms with Crippen molar-refractivity contribution in [1.29, 1.82) is 0 Å². The molecular weight excluding hydrogens is 378 g/mol. The van der Waals surface area contributed by atoms with Crippen molar-refractivity contribution in [2.45, 2.75) is 12.8 Å². The Morgan fingerprint density at radius 1 is 1.03 bits per heavy atom. The summed E-state index contributed by atoms with van der Waals surface area (Å²) in [6.45, 7) is 1.76. The second-order valence-electron chi connectivity index (χ2n) is 8.17. The zero-order chi connectivity index (χ0) is 21.1. The molecule has 6 nitrogen and oxygen atoms in total. The van der Waals surface area contributed by atoms with E-state index in [9.17, 15) is 14.4 Å². The SMILES string of the molecule is CN1C[C@H](C(=O)N2CCNC(=O)[C@H](Cc3ccccc3-c3ccccc3)C2)CC1=O. The van der Waals surface area contributed by atoms with E-state index in [2.05, 4.69) is 29.6 Å². The molecule has 30 heavy (non-hydrogen) atoms. The summed E-state index contributed by atoms with van der Waals surface area (Å²) >= 11 is 0. The van der Waals surface area contributed by atoms with Crippen LogP contribution in [-0.4, -0.2) is 60.7 Å². The van der Waals surface area contributed by atoms with Crippen LogP contribution in [0, 0.1) is 11.8 Å². The Bertz CT molecular complexity index is 944. The maximum Gasteiger partial charge on any atom is 0.228 e. The minimum absolute atomic E-state index is 0.00529. The highest BCUT2D eigenvalue weighted by Gasteiger charge is 2.37. The smallest absolute Gasteiger partial charge is 0.228 e. The lowest BCUT2D eigenvalue weighted by Gasteiger charge is -2.26. The Hall–Kier alpha value is -3.15. The molecule has 4 rings (SSSR count). The Labute approximate surface area is 176 Å². The van der Waals surface area contributed by atoms with Crippen molar-refractivity contribution in [1.82, 2.24) is 15.1 Å². The van der Waals surface area contributed by atoms with Gasteiger partial charge in [0.2, 0.25) is 17.7 Å². The molecule has 156 valence electrons. The van der Waals surface area contributed by atoms with Gasteiger partial charge in [-0.05, 0) is 23.1 Å². The van der Waals surface area contributed by atoms with Gasteiger partial charge in [-0.1, -0.05) is 54.6 Å². The molecule has 2 atom stereocenters. The first-order chi connectivity index (χ1) is 14.5. The van der Waals surface area contributed by atoms with Gasteiger partial charge in [0.05, 0.1) is 11.8 Å². The van der Waals surface area contributed by atoms with Crippen LogP contribution >= 0.6 is 0 Å². The van der Waals surface area contributed by atoms with Crippen molar-refractivity contribution in [3.8, 4) is 11.1 Å². The van der Waals surface area contributed by atoms with E-state index in [4.69, 9.17) is 0 Å². The Morgan fingerprint density at radius 3 is 2.50 bits per heavy atom. The van der Waals surface area contributed by atoms with Crippen LogP contribution in [-0.2, 0) is 20.8 Å². The number of carbonyl (C=O) groups excluding carboxylic acids is 3. The van der Waals surface area contributed by atoms with E-state index >= 15 is 0 Å². The van der Waals surface area contributed by atoms with E-state index in [-0.39, 0.29) is 36.0 Å². The van der Waals surface area contributed by atoms with E-state index in [1.54, 1.807) is 16.8 Å². The third-order valence-corrected chi connectivity index (χ3v) is 6.06. The van der Waals surface area contributed by atoms with E-state index in [1.165, 1.54) is 0 Å². The minimum atomic E-state index is -0.323. The summed E-state index contributed by atoms with van der Waals surface area (Å²) in [5.74, 6) is -0.673. The fraction of sp³-hybridized carbons (Fsp3) is 0.375. The van der Waals surface area contributed by atoms with Gasteiger partial charge in [-0.25, -0.2) is 0 Å². The molecule has 2 aromatic rings. The van der Waals surface area contributed by atoms with Gasteiger partial charge in [-0.15, -0.1) is 0 Å². The first-order valence-electron chi connectivity index (χ1n) is 10.5. The molecule has 1 N–H and O–H groups in total. The number of likely N-dealkylation sites (tertiary alicyclic amines) is 1.